The third-order valence-electron chi connectivity index (χ3n) is 5.92. The Hall–Kier alpha value is -1.64. The van der Waals surface area contributed by atoms with Crippen LogP contribution in [-0.4, -0.2) is 23.2 Å². The highest BCUT2D eigenvalue weighted by Crippen LogP contribution is 2.52. The topological polar surface area (TPSA) is 23.5 Å². The lowest BCUT2D eigenvalue weighted by Gasteiger charge is -2.54. The molecule has 2 aliphatic rings. The van der Waals surface area contributed by atoms with Crippen molar-refractivity contribution < 1.29 is 5.11 Å². The minimum absolute atomic E-state index is 0.199. The molecule has 1 heterocycles. The Morgan fingerprint density at radius 1 is 0.783 bits per heavy atom. The zero-order valence-corrected chi connectivity index (χ0v) is 13.7. The van der Waals surface area contributed by atoms with E-state index in [2.05, 4.69) is 72.6 Å². The van der Waals surface area contributed by atoms with Crippen molar-refractivity contribution in [3.05, 3.63) is 71.8 Å². The summed E-state index contributed by atoms with van der Waals surface area (Å²) in [5, 5.41) is 11.0. The van der Waals surface area contributed by atoms with Crippen molar-refractivity contribution >= 4 is 0 Å². The SMILES string of the molecule is CN1[C@@H](c2ccccc2)[C@@H]2CCC[C@@H](C2O)[C@@H]1c1ccccc1. The summed E-state index contributed by atoms with van der Waals surface area (Å²) in [6.45, 7) is 0. The Labute approximate surface area is 138 Å². The molecule has 2 bridgehead atoms. The van der Waals surface area contributed by atoms with E-state index < -0.39 is 0 Å². The maximum absolute atomic E-state index is 11.0. The summed E-state index contributed by atoms with van der Waals surface area (Å²) in [4.78, 5) is 2.52. The highest BCUT2D eigenvalue weighted by Gasteiger charge is 2.49. The predicted molar refractivity (Wildman–Crippen MR) is 93.0 cm³/mol. The molecule has 2 aromatic rings. The van der Waals surface area contributed by atoms with Crippen LogP contribution >= 0.6 is 0 Å². The van der Waals surface area contributed by atoms with Crippen LogP contribution < -0.4 is 0 Å². The third-order valence-corrected chi connectivity index (χ3v) is 5.92. The van der Waals surface area contributed by atoms with Gasteiger partial charge in [-0.1, -0.05) is 67.1 Å². The summed E-state index contributed by atoms with van der Waals surface area (Å²) in [6.07, 6.45) is 3.29. The van der Waals surface area contributed by atoms with Gasteiger partial charge in [-0.25, -0.2) is 0 Å². The zero-order valence-electron chi connectivity index (χ0n) is 13.7. The lowest BCUT2D eigenvalue weighted by Crippen LogP contribution is -2.53. The Kier molecular flexibility index (Phi) is 3.96. The lowest BCUT2D eigenvalue weighted by atomic mass is 9.65. The van der Waals surface area contributed by atoms with Gasteiger partial charge in [-0.15, -0.1) is 0 Å². The molecule has 5 atom stereocenters. The summed E-state index contributed by atoms with van der Waals surface area (Å²) < 4.78 is 0. The van der Waals surface area contributed by atoms with Crippen LogP contribution in [0.15, 0.2) is 60.7 Å². The van der Waals surface area contributed by atoms with Crippen molar-refractivity contribution in [3.8, 4) is 0 Å². The molecule has 2 nitrogen and oxygen atoms in total. The molecule has 2 heteroatoms. The van der Waals surface area contributed by atoms with Gasteiger partial charge in [0, 0.05) is 23.9 Å². The number of aliphatic hydroxyl groups excluding tert-OH is 1. The maximum Gasteiger partial charge on any atom is 0.0633 e. The van der Waals surface area contributed by atoms with Crippen molar-refractivity contribution in [2.75, 3.05) is 7.05 Å². The molecule has 1 N–H and O–H groups in total. The van der Waals surface area contributed by atoms with Crippen LogP contribution in [0.5, 0.6) is 0 Å². The molecule has 1 unspecified atom stereocenters. The second-order valence-electron chi connectivity index (χ2n) is 7.13. The van der Waals surface area contributed by atoms with Gasteiger partial charge < -0.3 is 5.11 Å². The van der Waals surface area contributed by atoms with E-state index in [-0.39, 0.29) is 6.10 Å². The minimum Gasteiger partial charge on any atom is -0.392 e. The summed E-state index contributed by atoms with van der Waals surface area (Å²) >= 11 is 0. The molecule has 1 aliphatic carbocycles. The van der Waals surface area contributed by atoms with E-state index in [1.165, 1.54) is 17.5 Å². The second kappa shape index (κ2) is 6.10. The molecule has 120 valence electrons. The molecule has 4 rings (SSSR count). The van der Waals surface area contributed by atoms with Crippen molar-refractivity contribution in [2.24, 2.45) is 11.8 Å². The Morgan fingerprint density at radius 2 is 1.22 bits per heavy atom. The molecule has 0 amide bonds. The number of hydrogen-bond acceptors (Lipinski definition) is 2. The number of likely N-dealkylation sites (tertiary alicyclic amines) is 1. The number of aliphatic hydroxyl groups is 1. The molecular weight excluding hydrogens is 282 g/mol. The molecule has 1 aliphatic heterocycles. The van der Waals surface area contributed by atoms with Crippen LogP contribution in [0.25, 0.3) is 0 Å². The highest BCUT2D eigenvalue weighted by atomic mass is 16.3. The first kappa shape index (κ1) is 14.9. The standard InChI is InChI=1S/C21H25NO/c1-22-19(15-9-4-2-5-10-15)17-13-8-14-18(21(17)23)20(22)16-11-6-3-7-12-16/h2-7,9-12,17-21,23H,8,13-14H2,1H3/t17-,18+,19-,20-,21?/m0/s1. The summed E-state index contributed by atoms with van der Waals surface area (Å²) in [6, 6.07) is 22.0. The number of benzene rings is 2. The maximum atomic E-state index is 11.0. The molecule has 1 saturated carbocycles. The summed E-state index contributed by atoms with van der Waals surface area (Å²) in [7, 11) is 2.24. The van der Waals surface area contributed by atoms with Crippen molar-refractivity contribution in [1.29, 1.82) is 0 Å². The van der Waals surface area contributed by atoms with E-state index in [9.17, 15) is 5.11 Å². The number of fused-ring (bicyclic) bond motifs is 2. The molecule has 0 aromatic heterocycles. The fourth-order valence-corrected chi connectivity index (χ4v) is 4.98. The van der Waals surface area contributed by atoms with Gasteiger partial charge in [-0.05, 0) is 31.0 Å². The van der Waals surface area contributed by atoms with Crippen molar-refractivity contribution in [2.45, 2.75) is 37.5 Å². The van der Waals surface area contributed by atoms with E-state index in [4.69, 9.17) is 0 Å². The van der Waals surface area contributed by atoms with Gasteiger partial charge in [-0.2, -0.15) is 0 Å². The van der Waals surface area contributed by atoms with Gasteiger partial charge in [0.25, 0.3) is 0 Å². The van der Waals surface area contributed by atoms with E-state index in [1.807, 2.05) is 0 Å². The first-order chi connectivity index (χ1) is 11.3. The Balaban J connectivity index is 1.78. The van der Waals surface area contributed by atoms with Crippen LogP contribution in [0, 0.1) is 11.8 Å². The molecule has 2 fully saturated rings. The monoisotopic (exact) mass is 307 g/mol. The number of hydrogen-bond donors (Lipinski definition) is 1. The average molecular weight is 307 g/mol. The van der Waals surface area contributed by atoms with Gasteiger partial charge in [-0.3, -0.25) is 4.90 Å². The minimum atomic E-state index is -0.199. The molecule has 23 heavy (non-hydrogen) atoms. The summed E-state index contributed by atoms with van der Waals surface area (Å²) in [5.41, 5.74) is 2.67. The second-order valence-corrected chi connectivity index (χ2v) is 7.13. The number of rotatable bonds is 2. The lowest BCUT2D eigenvalue weighted by molar-refractivity contribution is -0.112. The molecule has 2 aromatic carbocycles. The average Bonchev–Trinajstić information content (AvgIpc) is 2.59. The fraction of sp³-hybridized carbons (Fsp3) is 0.429. The largest absolute Gasteiger partial charge is 0.392 e. The molecule has 0 radical (unpaired) electrons. The van der Waals surface area contributed by atoms with Crippen LogP contribution in [0.4, 0.5) is 0 Å². The van der Waals surface area contributed by atoms with Gasteiger partial charge >= 0.3 is 0 Å². The summed E-state index contributed by atoms with van der Waals surface area (Å²) in [5.74, 6) is 0.697. The first-order valence-corrected chi connectivity index (χ1v) is 8.77. The van der Waals surface area contributed by atoms with Crippen LogP contribution in [0.3, 0.4) is 0 Å². The molecule has 0 spiro atoms. The first-order valence-electron chi connectivity index (χ1n) is 8.77. The normalized spacial score (nSPS) is 34.3. The highest BCUT2D eigenvalue weighted by molar-refractivity contribution is 5.27. The fourth-order valence-electron chi connectivity index (χ4n) is 4.98. The van der Waals surface area contributed by atoms with Gasteiger partial charge in [0.1, 0.15) is 0 Å². The molecular formula is C21H25NO. The zero-order chi connectivity index (χ0) is 15.8. The van der Waals surface area contributed by atoms with Gasteiger partial charge in [0.15, 0.2) is 0 Å². The molecule has 1 saturated heterocycles. The Morgan fingerprint density at radius 3 is 1.65 bits per heavy atom. The third kappa shape index (κ3) is 2.50. The van der Waals surface area contributed by atoms with Crippen LogP contribution in [0.1, 0.15) is 42.5 Å². The number of piperidine rings is 1. The van der Waals surface area contributed by atoms with Gasteiger partial charge in [0.05, 0.1) is 6.10 Å². The van der Waals surface area contributed by atoms with Crippen molar-refractivity contribution in [1.82, 2.24) is 4.90 Å². The van der Waals surface area contributed by atoms with E-state index in [0.29, 0.717) is 23.9 Å². The smallest absolute Gasteiger partial charge is 0.0633 e. The van der Waals surface area contributed by atoms with E-state index >= 15 is 0 Å². The van der Waals surface area contributed by atoms with E-state index in [0.717, 1.165) is 12.8 Å². The van der Waals surface area contributed by atoms with Crippen LogP contribution in [0.2, 0.25) is 0 Å². The quantitative estimate of drug-likeness (QED) is 0.899. The van der Waals surface area contributed by atoms with Crippen LogP contribution in [-0.2, 0) is 0 Å². The number of nitrogens with zero attached hydrogens (tertiary/aromatic N) is 1. The Bertz CT molecular complexity index is 586. The van der Waals surface area contributed by atoms with Crippen molar-refractivity contribution in [3.63, 3.8) is 0 Å². The predicted octanol–water partition coefficient (Wildman–Crippen LogP) is 4.19. The van der Waals surface area contributed by atoms with E-state index in [1.54, 1.807) is 0 Å². The van der Waals surface area contributed by atoms with Gasteiger partial charge in [0.2, 0.25) is 0 Å².